The fraction of sp³-hybridized carbons (Fsp3) is 0.312. The molecule has 1 aliphatic heterocycles. The van der Waals surface area contributed by atoms with Crippen molar-refractivity contribution in [3.05, 3.63) is 51.7 Å². The lowest BCUT2D eigenvalue weighted by atomic mass is 10.1. The van der Waals surface area contributed by atoms with Crippen LogP contribution in [0.2, 0.25) is 0 Å². The van der Waals surface area contributed by atoms with Gasteiger partial charge in [0.1, 0.15) is 5.75 Å². The van der Waals surface area contributed by atoms with Crippen molar-refractivity contribution in [3.63, 3.8) is 0 Å². The zero-order valence-electron chi connectivity index (χ0n) is 11.2. The summed E-state index contributed by atoms with van der Waals surface area (Å²) in [5, 5.41) is 5.03. The second-order valence-corrected chi connectivity index (χ2v) is 5.93. The summed E-state index contributed by atoms with van der Waals surface area (Å²) in [5.74, 6) is 1.05. The highest BCUT2D eigenvalue weighted by molar-refractivity contribution is 7.09. The normalized spacial score (nSPS) is 12.8. The van der Waals surface area contributed by atoms with E-state index in [4.69, 9.17) is 4.74 Å². The minimum atomic E-state index is 0.0837. The fourth-order valence-corrected chi connectivity index (χ4v) is 3.09. The molecule has 20 heavy (non-hydrogen) atoms. The Morgan fingerprint density at radius 1 is 1.35 bits per heavy atom. The molecule has 1 N–H and O–H groups in total. The Labute approximate surface area is 122 Å². The van der Waals surface area contributed by atoms with Crippen molar-refractivity contribution in [1.82, 2.24) is 5.32 Å². The van der Waals surface area contributed by atoms with E-state index < -0.39 is 0 Å². The lowest BCUT2D eigenvalue weighted by Crippen LogP contribution is -2.27. The summed E-state index contributed by atoms with van der Waals surface area (Å²) in [7, 11) is 0. The van der Waals surface area contributed by atoms with Gasteiger partial charge in [-0.3, -0.25) is 4.79 Å². The zero-order valence-corrected chi connectivity index (χ0v) is 12.0. The van der Waals surface area contributed by atoms with Gasteiger partial charge in [0.15, 0.2) is 0 Å². The highest BCUT2D eigenvalue weighted by Gasteiger charge is 2.13. The van der Waals surface area contributed by atoms with Gasteiger partial charge in [-0.2, -0.15) is 0 Å². The maximum absolute atomic E-state index is 11.9. The third-order valence-electron chi connectivity index (χ3n) is 3.39. The number of hydrogen-bond donors (Lipinski definition) is 1. The van der Waals surface area contributed by atoms with Gasteiger partial charge in [-0.05, 0) is 35.1 Å². The number of carbonyl (C=O) groups excluding carboxylic acids is 1. The van der Waals surface area contributed by atoms with E-state index >= 15 is 0 Å². The first-order valence-electron chi connectivity index (χ1n) is 6.85. The molecule has 1 aromatic carbocycles. The largest absolute Gasteiger partial charge is 0.493 e. The van der Waals surface area contributed by atoms with Gasteiger partial charge >= 0.3 is 0 Å². The smallest absolute Gasteiger partial charge is 0.224 e. The summed E-state index contributed by atoms with van der Waals surface area (Å²) in [4.78, 5) is 13.2. The third-order valence-corrected chi connectivity index (χ3v) is 4.33. The molecule has 3 rings (SSSR count). The number of thiophene rings is 1. The molecule has 104 valence electrons. The summed E-state index contributed by atoms with van der Waals surface area (Å²) in [6.07, 6.45) is 2.29. The van der Waals surface area contributed by atoms with E-state index in [0.29, 0.717) is 13.0 Å². The lowest BCUT2D eigenvalue weighted by molar-refractivity contribution is -0.120. The van der Waals surface area contributed by atoms with E-state index in [0.717, 1.165) is 30.8 Å². The molecular weight excluding hydrogens is 270 g/mol. The van der Waals surface area contributed by atoms with Crippen LogP contribution in [0.15, 0.2) is 35.7 Å². The summed E-state index contributed by atoms with van der Waals surface area (Å²) in [6, 6.07) is 10.2. The second kappa shape index (κ2) is 6.09. The predicted octanol–water partition coefficient (Wildman–Crippen LogP) is 2.58. The van der Waals surface area contributed by atoms with Crippen LogP contribution in [0.1, 0.15) is 16.0 Å². The van der Waals surface area contributed by atoms with E-state index in [1.165, 1.54) is 10.4 Å². The number of nitrogens with one attached hydrogen (secondary N) is 1. The van der Waals surface area contributed by atoms with E-state index in [1.807, 2.05) is 18.2 Å². The van der Waals surface area contributed by atoms with Crippen LogP contribution in [0.4, 0.5) is 0 Å². The monoisotopic (exact) mass is 287 g/mol. The Morgan fingerprint density at radius 2 is 2.30 bits per heavy atom. The predicted molar refractivity (Wildman–Crippen MR) is 80.4 cm³/mol. The molecular formula is C16H17NO2S. The van der Waals surface area contributed by atoms with Crippen LogP contribution in [0.25, 0.3) is 0 Å². The number of rotatable bonds is 5. The molecule has 1 amide bonds. The van der Waals surface area contributed by atoms with Crippen molar-refractivity contribution in [2.45, 2.75) is 19.3 Å². The Morgan fingerprint density at radius 3 is 3.15 bits per heavy atom. The van der Waals surface area contributed by atoms with Crippen LogP contribution in [-0.2, 0) is 24.1 Å². The molecule has 1 aromatic heterocycles. The topological polar surface area (TPSA) is 38.3 Å². The second-order valence-electron chi connectivity index (χ2n) is 4.90. The molecule has 0 spiro atoms. The molecule has 1 aliphatic rings. The van der Waals surface area contributed by atoms with Gasteiger partial charge in [0.25, 0.3) is 0 Å². The number of ether oxygens (including phenoxy) is 1. The van der Waals surface area contributed by atoms with Crippen molar-refractivity contribution >= 4 is 17.2 Å². The first kappa shape index (κ1) is 13.2. The standard InChI is InChI=1S/C16H17NO2S/c18-16(17-7-5-14-2-1-9-20-14)11-12-3-4-15-13(10-12)6-8-19-15/h1-4,9-10H,5-8,11H2,(H,17,18). The van der Waals surface area contributed by atoms with Crippen molar-refractivity contribution in [1.29, 1.82) is 0 Å². The molecule has 2 aromatic rings. The first-order valence-corrected chi connectivity index (χ1v) is 7.73. The fourth-order valence-electron chi connectivity index (χ4n) is 2.38. The maximum atomic E-state index is 11.9. The minimum absolute atomic E-state index is 0.0837. The van der Waals surface area contributed by atoms with Crippen LogP contribution >= 0.6 is 11.3 Å². The van der Waals surface area contributed by atoms with Gasteiger partial charge in [-0.25, -0.2) is 0 Å². The Bertz CT molecular complexity index is 593. The van der Waals surface area contributed by atoms with Gasteiger partial charge in [0.2, 0.25) is 5.91 Å². The van der Waals surface area contributed by atoms with Crippen molar-refractivity contribution < 1.29 is 9.53 Å². The third kappa shape index (κ3) is 3.20. The van der Waals surface area contributed by atoms with Crippen molar-refractivity contribution in [3.8, 4) is 5.75 Å². The van der Waals surface area contributed by atoms with Crippen molar-refractivity contribution in [2.75, 3.05) is 13.2 Å². The highest BCUT2D eigenvalue weighted by Crippen LogP contribution is 2.25. The molecule has 0 radical (unpaired) electrons. The van der Waals surface area contributed by atoms with Crippen LogP contribution in [-0.4, -0.2) is 19.1 Å². The average Bonchev–Trinajstić information content (AvgIpc) is 3.08. The Hall–Kier alpha value is -1.81. The highest BCUT2D eigenvalue weighted by atomic mass is 32.1. The molecule has 0 saturated heterocycles. The number of hydrogen-bond acceptors (Lipinski definition) is 3. The van der Waals surface area contributed by atoms with Crippen LogP contribution in [0, 0.1) is 0 Å². The van der Waals surface area contributed by atoms with E-state index in [-0.39, 0.29) is 5.91 Å². The molecule has 4 heteroatoms. The molecule has 0 atom stereocenters. The number of benzene rings is 1. The van der Waals surface area contributed by atoms with E-state index in [2.05, 4.69) is 22.8 Å². The van der Waals surface area contributed by atoms with E-state index in [9.17, 15) is 4.79 Å². The summed E-state index contributed by atoms with van der Waals surface area (Å²) in [5.41, 5.74) is 2.27. The van der Waals surface area contributed by atoms with Gasteiger partial charge in [0.05, 0.1) is 13.0 Å². The average molecular weight is 287 g/mol. The molecule has 0 saturated carbocycles. The number of carbonyl (C=O) groups is 1. The molecule has 3 nitrogen and oxygen atoms in total. The quantitative estimate of drug-likeness (QED) is 0.918. The molecule has 0 unspecified atom stereocenters. The van der Waals surface area contributed by atoms with E-state index in [1.54, 1.807) is 11.3 Å². The summed E-state index contributed by atoms with van der Waals surface area (Å²) < 4.78 is 5.47. The number of amides is 1. The molecule has 2 heterocycles. The maximum Gasteiger partial charge on any atom is 0.224 e. The molecule has 0 fully saturated rings. The van der Waals surface area contributed by atoms with Crippen LogP contribution < -0.4 is 10.1 Å². The number of fused-ring (bicyclic) bond motifs is 1. The summed E-state index contributed by atoms with van der Waals surface area (Å²) in [6.45, 7) is 1.46. The Balaban J connectivity index is 1.49. The Kier molecular flexibility index (Phi) is 4.02. The molecule has 0 aliphatic carbocycles. The lowest BCUT2D eigenvalue weighted by Gasteiger charge is -2.06. The van der Waals surface area contributed by atoms with Gasteiger partial charge < -0.3 is 10.1 Å². The van der Waals surface area contributed by atoms with Gasteiger partial charge in [-0.15, -0.1) is 11.3 Å². The van der Waals surface area contributed by atoms with Crippen LogP contribution in [0.5, 0.6) is 5.75 Å². The first-order chi connectivity index (χ1) is 9.81. The zero-order chi connectivity index (χ0) is 13.8. The van der Waals surface area contributed by atoms with Crippen LogP contribution in [0.3, 0.4) is 0 Å². The van der Waals surface area contributed by atoms with Gasteiger partial charge in [-0.1, -0.05) is 18.2 Å². The molecule has 0 bridgehead atoms. The SMILES string of the molecule is O=C(Cc1ccc2c(c1)CCO2)NCCc1cccs1. The van der Waals surface area contributed by atoms with Crippen molar-refractivity contribution in [2.24, 2.45) is 0 Å². The summed E-state index contributed by atoms with van der Waals surface area (Å²) >= 11 is 1.73. The van der Waals surface area contributed by atoms with Gasteiger partial charge in [0, 0.05) is 17.8 Å². The minimum Gasteiger partial charge on any atom is -0.493 e.